The zero-order valence-electron chi connectivity index (χ0n) is 14.2. The average Bonchev–Trinajstić information content (AvgIpc) is 3.05. The van der Waals surface area contributed by atoms with Crippen molar-refractivity contribution in [3.05, 3.63) is 41.1 Å². The number of aromatic amines is 1. The second-order valence-corrected chi connectivity index (χ2v) is 8.87. The van der Waals surface area contributed by atoms with Crippen LogP contribution in [0.15, 0.2) is 24.4 Å². The standard InChI is InChI=1S/C17H23N3O3S/c1-11-4-5-12(2)14(6-11)17-13(7-18-19-17)8-20(3)15-9-24(22,23)10-16(15)21/h4-7,15-16,21H,8-10H2,1-3H3,(H,18,19)/t15-,16-/m1/s1. The van der Waals surface area contributed by atoms with Gasteiger partial charge in [0.15, 0.2) is 9.84 Å². The Morgan fingerprint density at radius 2 is 2.08 bits per heavy atom. The van der Waals surface area contributed by atoms with Crippen molar-refractivity contribution in [3.8, 4) is 11.3 Å². The third-order valence-electron chi connectivity index (χ3n) is 4.66. The zero-order chi connectivity index (χ0) is 17.5. The normalized spacial score (nSPS) is 23.0. The summed E-state index contributed by atoms with van der Waals surface area (Å²) in [6.07, 6.45) is 0.930. The molecule has 2 aromatic rings. The first kappa shape index (κ1) is 17.1. The van der Waals surface area contributed by atoms with Crippen LogP contribution in [0.3, 0.4) is 0 Å². The highest BCUT2D eigenvalue weighted by atomic mass is 32.2. The van der Waals surface area contributed by atoms with E-state index in [9.17, 15) is 13.5 Å². The van der Waals surface area contributed by atoms with Gasteiger partial charge in [0.2, 0.25) is 0 Å². The van der Waals surface area contributed by atoms with Crippen LogP contribution < -0.4 is 0 Å². The molecule has 1 aromatic carbocycles. The topological polar surface area (TPSA) is 86.3 Å². The van der Waals surface area contributed by atoms with E-state index < -0.39 is 15.9 Å². The maximum atomic E-state index is 11.7. The highest BCUT2D eigenvalue weighted by molar-refractivity contribution is 7.91. The van der Waals surface area contributed by atoms with Gasteiger partial charge in [-0.2, -0.15) is 5.10 Å². The predicted molar refractivity (Wildman–Crippen MR) is 93.4 cm³/mol. The van der Waals surface area contributed by atoms with Gasteiger partial charge in [0.1, 0.15) is 0 Å². The number of sulfone groups is 1. The molecule has 2 atom stereocenters. The molecular formula is C17H23N3O3S. The molecule has 6 nitrogen and oxygen atoms in total. The van der Waals surface area contributed by atoms with E-state index in [0.717, 1.165) is 22.4 Å². The summed E-state index contributed by atoms with van der Waals surface area (Å²) in [4.78, 5) is 1.90. The minimum atomic E-state index is -3.16. The molecule has 2 heterocycles. The smallest absolute Gasteiger partial charge is 0.154 e. The molecule has 1 fully saturated rings. The maximum absolute atomic E-state index is 11.7. The molecule has 7 heteroatoms. The highest BCUT2D eigenvalue weighted by Crippen LogP contribution is 2.28. The molecule has 1 aliphatic heterocycles. The first-order chi connectivity index (χ1) is 11.3. The number of aliphatic hydroxyl groups excluding tert-OH is 1. The Kier molecular flexibility index (Phi) is 4.50. The fraction of sp³-hybridized carbons (Fsp3) is 0.471. The Morgan fingerprint density at radius 1 is 1.33 bits per heavy atom. The number of H-pyrrole nitrogens is 1. The van der Waals surface area contributed by atoms with E-state index in [1.807, 2.05) is 18.9 Å². The first-order valence-electron chi connectivity index (χ1n) is 7.95. The Labute approximate surface area is 142 Å². The van der Waals surface area contributed by atoms with Crippen molar-refractivity contribution < 1.29 is 13.5 Å². The summed E-state index contributed by atoms with van der Waals surface area (Å²) < 4.78 is 23.4. The minimum Gasteiger partial charge on any atom is -0.390 e. The van der Waals surface area contributed by atoms with Crippen molar-refractivity contribution in [1.29, 1.82) is 0 Å². The molecule has 1 aliphatic rings. The number of nitrogens with zero attached hydrogens (tertiary/aromatic N) is 2. The number of aromatic nitrogens is 2. The Bertz CT molecular complexity index is 845. The molecule has 130 valence electrons. The van der Waals surface area contributed by atoms with Crippen LogP contribution in [0.25, 0.3) is 11.3 Å². The van der Waals surface area contributed by atoms with Crippen molar-refractivity contribution in [1.82, 2.24) is 15.1 Å². The molecule has 0 spiro atoms. The number of benzene rings is 1. The zero-order valence-corrected chi connectivity index (χ0v) is 15.0. The van der Waals surface area contributed by atoms with Gasteiger partial charge in [-0.1, -0.05) is 17.7 Å². The summed E-state index contributed by atoms with van der Waals surface area (Å²) in [5, 5.41) is 17.3. The summed E-state index contributed by atoms with van der Waals surface area (Å²) in [7, 11) is -1.32. The lowest BCUT2D eigenvalue weighted by Crippen LogP contribution is -2.40. The summed E-state index contributed by atoms with van der Waals surface area (Å²) in [5.41, 5.74) is 5.34. The van der Waals surface area contributed by atoms with Gasteiger partial charge in [0.25, 0.3) is 0 Å². The number of hydrogen-bond donors (Lipinski definition) is 2. The SMILES string of the molecule is Cc1ccc(C)c(-c2[nH]ncc2CN(C)[C@@H]2CS(=O)(=O)C[C@H]2O)c1. The van der Waals surface area contributed by atoms with Gasteiger partial charge < -0.3 is 5.11 Å². The van der Waals surface area contributed by atoms with Crippen LogP contribution in [0.1, 0.15) is 16.7 Å². The molecule has 0 radical (unpaired) electrons. The molecule has 3 rings (SSSR count). The van der Waals surface area contributed by atoms with Crippen molar-refractivity contribution >= 4 is 9.84 Å². The van der Waals surface area contributed by atoms with Crippen LogP contribution in [0.5, 0.6) is 0 Å². The van der Waals surface area contributed by atoms with Gasteiger partial charge in [0, 0.05) is 17.7 Å². The van der Waals surface area contributed by atoms with E-state index in [4.69, 9.17) is 0 Å². The van der Waals surface area contributed by atoms with Crippen molar-refractivity contribution in [2.24, 2.45) is 0 Å². The van der Waals surface area contributed by atoms with E-state index in [1.54, 1.807) is 6.20 Å². The first-order valence-corrected chi connectivity index (χ1v) is 9.77. The van der Waals surface area contributed by atoms with Crippen molar-refractivity contribution in [2.45, 2.75) is 32.5 Å². The number of aryl methyl sites for hydroxylation is 2. The van der Waals surface area contributed by atoms with E-state index in [0.29, 0.717) is 6.54 Å². The lowest BCUT2D eigenvalue weighted by Gasteiger charge is -2.25. The van der Waals surface area contributed by atoms with Gasteiger partial charge >= 0.3 is 0 Å². The third kappa shape index (κ3) is 3.38. The number of nitrogens with one attached hydrogen (secondary N) is 1. The Morgan fingerprint density at radius 3 is 2.75 bits per heavy atom. The molecule has 1 aromatic heterocycles. The quantitative estimate of drug-likeness (QED) is 0.868. The number of rotatable bonds is 4. The molecular weight excluding hydrogens is 326 g/mol. The largest absolute Gasteiger partial charge is 0.390 e. The number of likely N-dealkylation sites (N-methyl/N-ethyl adjacent to an activating group) is 1. The fourth-order valence-electron chi connectivity index (χ4n) is 3.29. The van der Waals surface area contributed by atoms with Crippen molar-refractivity contribution in [3.63, 3.8) is 0 Å². The third-order valence-corrected chi connectivity index (χ3v) is 6.36. The van der Waals surface area contributed by atoms with Gasteiger partial charge in [-0.05, 0) is 32.5 Å². The van der Waals surface area contributed by atoms with E-state index in [1.165, 1.54) is 5.56 Å². The van der Waals surface area contributed by atoms with Gasteiger partial charge in [-0.3, -0.25) is 10.00 Å². The lowest BCUT2D eigenvalue weighted by atomic mass is 10.00. The second kappa shape index (κ2) is 6.31. The van der Waals surface area contributed by atoms with Crippen LogP contribution >= 0.6 is 0 Å². The van der Waals surface area contributed by atoms with E-state index in [-0.39, 0.29) is 17.5 Å². The maximum Gasteiger partial charge on any atom is 0.154 e. The van der Waals surface area contributed by atoms with Crippen LogP contribution in [-0.4, -0.2) is 59.3 Å². The number of aliphatic hydroxyl groups is 1. The monoisotopic (exact) mass is 349 g/mol. The molecule has 2 N–H and O–H groups in total. The molecule has 0 amide bonds. The molecule has 1 saturated heterocycles. The van der Waals surface area contributed by atoms with Crippen LogP contribution in [0, 0.1) is 13.8 Å². The summed E-state index contributed by atoms with van der Waals surface area (Å²) in [6.45, 7) is 4.62. The lowest BCUT2D eigenvalue weighted by molar-refractivity contribution is 0.0959. The average molecular weight is 349 g/mol. The second-order valence-electron chi connectivity index (χ2n) is 6.72. The molecule has 0 unspecified atom stereocenters. The van der Waals surface area contributed by atoms with Crippen LogP contribution in [-0.2, 0) is 16.4 Å². The minimum absolute atomic E-state index is 0.00131. The molecule has 0 saturated carbocycles. The molecule has 0 bridgehead atoms. The number of hydrogen-bond acceptors (Lipinski definition) is 5. The highest BCUT2D eigenvalue weighted by Gasteiger charge is 2.38. The predicted octanol–water partition coefficient (Wildman–Crippen LogP) is 1.28. The Hall–Kier alpha value is -1.70. The Balaban J connectivity index is 1.85. The van der Waals surface area contributed by atoms with Gasteiger partial charge in [-0.25, -0.2) is 8.42 Å². The summed E-state index contributed by atoms with van der Waals surface area (Å²) in [5.74, 6) is -0.154. The summed E-state index contributed by atoms with van der Waals surface area (Å²) >= 11 is 0. The molecule has 0 aliphatic carbocycles. The van der Waals surface area contributed by atoms with Crippen molar-refractivity contribution in [2.75, 3.05) is 18.6 Å². The van der Waals surface area contributed by atoms with Gasteiger partial charge in [-0.15, -0.1) is 0 Å². The van der Waals surface area contributed by atoms with Crippen LogP contribution in [0.4, 0.5) is 0 Å². The van der Waals surface area contributed by atoms with E-state index in [2.05, 4.69) is 35.3 Å². The fourth-order valence-corrected chi connectivity index (χ4v) is 5.16. The van der Waals surface area contributed by atoms with Gasteiger partial charge in [0.05, 0.1) is 35.5 Å². The molecule has 24 heavy (non-hydrogen) atoms. The summed E-state index contributed by atoms with van der Waals surface area (Å²) in [6, 6.07) is 5.88. The van der Waals surface area contributed by atoms with Crippen LogP contribution in [0.2, 0.25) is 0 Å². The van der Waals surface area contributed by atoms with E-state index >= 15 is 0 Å².